The molecule has 8 nitrogen and oxygen atoms in total. The molecule has 0 aromatic heterocycles. The van der Waals surface area contributed by atoms with Crippen molar-refractivity contribution in [1.82, 2.24) is 0 Å². The van der Waals surface area contributed by atoms with Crippen LogP contribution in [0, 0.1) is 0 Å². The molecule has 4 aromatic carbocycles. The zero-order chi connectivity index (χ0) is 27.5. The van der Waals surface area contributed by atoms with E-state index in [1.165, 1.54) is 14.2 Å². The third-order valence-electron chi connectivity index (χ3n) is 6.21. The van der Waals surface area contributed by atoms with Gasteiger partial charge in [0.1, 0.15) is 12.4 Å². The van der Waals surface area contributed by atoms with Crippen molar-refractivity contribution < 1.29 is 28.6 Å². The Bertz CT molecular complexity index is 1550. The van der Waals surface area contributed by atoms with Crippen LogP contribution in [0.15, 0.2) is 84.9 Å². The van der Waals surface area contributed by atoms with Crippen LogP contribution in [0.1, 0.15) is 36.6 Å². The van der Waals surface area contributed by atoms with Crippen LogP contribution >= 0.6 is 11.6 Å². The number of benzene rings is 4. The number of imide groups is 1. The molecule has 3 amide bonds. The summed E-state index contributed by atoms with van der Waals surface area (Å²) in [5.41, 5.74) is 2.63. The molecule has 0 spiro atoms. The van der Waals surface area contributed by atoms with E-state index in [4.69, 9.17) is 25.8 Å². The second-order valence-corrected chi connectivity index (χ2v) is 9.05. The first-order valence-electron chi connectivity index (χ1n) is 11.9. The molecule has 1 aliphatic heterocycles. The van der Waals surface area contributed by atoms with E-state index in [0.717, 1.165) is 10.5 Å². The molecule has 39 heavy (non-hydrogen) atoms. The molecule has 4 aromatic rings. The number of amides is 3. The smallest absolute Gasteiger partial charge is 0.266 e. The lowest BCUT2D eigenvalue weighted by Gasteiger charge is -2.18. The number of carbonyl (C=O) groups excluding carboxylic acids is 3. The van der Waals surface area contributed by atoms with Crippen LogP contribution in [0.4, 0.5) is 11.4 Å². The maximum Gasteiger partial charge on any atom is 0.266 e. The highest BCUT2D eigenvalue weighted by atomic mass is 35.5. The number of anilines is 2. The molecule has 196 valence electrons. The minimum Gasteiger partial charge on any atom is -0.494 e. The average molecular weight is 543 g/mol. The Morgan fingerprint density at radius 1 is 0.795 bits per heavy atom. The van der Waals surface area contributed by atoms with Crippen molar-refractivity contribution in [2.24, 2.45) is 0 Å². The molecule has 0 saturated heterocycles. The summed E-state index contributed by atoms with van der Waals surface area (Å²) in [7, 11) is 2.92. The van der Waals surface area contributed by atoms with Crippen molar-refractivity contribution >= 4 is 40.7 Å². The van der Waals surface area contributed by atoms with E-state index in [0.29, 0.717) is 45.5 Å². The van der Waals surface area contributed by atoms with Crippen molar-refractivity contribution in [2.75, 3.05) is 24.4 Å². The van der Waals surface area contributed by atoms with Gasteiger partial charge in [-0.05, 0) is 60.2 Å². The fraction of sp³-hybridized carbons (Fsp3) is 0.100. The quantitative estimate of drug-likeness (QED) is 0.275. The van der Waals surface area contributed by atoms with Gasteiger partial charge in [-0.3, -0.25) is 14.4 Å². The molecule has 1 aliphatic rings. The van der Waals surface area contributed by atoms with Gasteiger partial charge in [-0.2, -0.15) is 0 Å². The zero-order valence-electron chi connectivity index (χ0n) is 21.1. The third-order valence-corrected chi connectivity index (χ3v) is 6.46. The predicted octanol–water partition coefficient (Wildman–Crippen LogP) is 5.99. The van der Waals surface area contributed by atoms with Crippen molar-refractivity contribution in [2.45, 2.75) is 6.61 Å². The molecule has 0 radical (unpaired) electrons. The molecule has 0 unspecified atom stereocenters. The molecule has 9 heteroatoms. The Balaban J connectivity index is 1.31. The molecule has 1 N–H and O–H groups in total. The predicted molar refractivity (Wildman–Crippen MR) is 147 cm³/mol. The zero-order valence-corrected chi connectivity index (χ0v) is 21.8. The number of hydrogen-bond donors (Lipinski definition) is 1. The molecule has 1 heterocycles. The second-order valence-electron chi connectivity index (χ2n) is 8.61. The highest BCUT2D eigenvalue weighted by molar-refractivity contribution is 6.35. The summed E-state index contributed by atoms with van der Waals surface area (Å²) in [6.45, 7) is 0.304. The largest absolute Gasteiger partial charge is 0.494 e. The summed E-state index contributed by atoms with van der Waals surface area (Å²) in [6, 6.07) is 23.5. The van der Waals surface area contributed by atoms with E-state index < -0.39 is 17.7 Å². The van der Waals surface area contributed by atoms with Gasteiger partial charge >= 0.3 is 0 Å². The molecule has 0 fully saturated rings. The van der Waals surface area contributed by atoms with Crippen molar-refractivity contribution in [3.63, 3.8) is 0 Å². The molecule has 0 bridgehead atoms. The molecule has 0 atom stereocenters. The maximum atomic E-state index is 13.0. The van der Waals surface area contributed by atoms with Crippen molar-refractivity contribution in [1.29, 1.82) is 0 Å². The number of carbonyl (C=O) groups is 3. The summed E-state index contributed by atoms with van der Waals surface area (Å²) >= 11 is 5.93. The molecule has 0 aliphatic carbocycles. The highest BCUT2D eigenvalue weighted by Crippen LogP contribution is 2.37. The van der Waals surface area contributed by atoms with E-state index in [9.17, 15) is 14.4 Å². The standard InChI is InChI=1S/C30H23ClN2O6/c1-37-26-16-21(12-13-24(26)33-29(35)22-5-3-4-6-23(22)30(33)36)32-28(34)19-9-14-25(27(15-19)38-2)39-17-18-7-10-20(31)11-8-18/h3-16H,17H2,1-2H3,(H,32,34). The first-order valence-corrected chi connectivity index (χ1v) is 12.3. The van der Waals surface area contributed by atoms with E-state index in [2.05, 4.69) is 5.32 Å². The Labute approximate surface area is 229 Å². The Morgan fingerprint density at radius 3 is 2.10 bits per heavy atom. The van der Waals surface area contributed by atoms with Gasteiger partial charge in [-0.25, -0.2) is 4.90 Å². The third kappa shape index (κ3) is 5.15. The number of nitrogens with zero attached hydrogens (tertiary/aromatic N) is 1. The summed E-state index contributed by atoms with van der Waals surface area (Å²) in [5, 5.41) is 3.45. The number of halogens is 1. The van der Waals surface area contributed by atoms with Gasteiger partial charge in [0.05, 0.1) is 31.0 Å². The molecule has 5 rings (SSSR count). The van der Waals surface area contributed by atoms with Crippen LogP contribution in [0.2, 0.25) is 5.02 Å². The first-order chi connectivity index (χ1) is 18.9. The van der Waals surface area contributed by atoms with Gasteiger partial charge < -0.3 is 19.5 Å². The molecular formula is C30H23ClN2O6. The average Bonchev–Trinajstić information content (AvgIpc) is 3.22. The number of methoxy groups -OCH3 is 2. The number of nitrogens with one attached hydrogen (secondary N) is 1. The van der Waals surface area contributed by atoms with Crippen molar-refractivity contribution in [3.05, 3.63) is 112 Å². The van der Waals surface area contributed by atoms with Crippen LogP contribution in [0.25, 0.3) is 0 Å². The minimum absolute atomic E-state index is 0.255. The summed E-state index contributed by atoms with van der Waals surface area (Å²) < 4.78 is 16.8. The van der Waals surface area contributed by atoms with Gasteiger partial charge in [0.15, 0.2) is 11.5 Å². The number of hydrogen-bond acceptors (Lipinski definition) is 6. The summed E-state index contributed by atoms with van der Waals surface area (Å²) in [4.78, 5) is 39.9. The normalized spacial score (nSPS) is 12.2. The highest BCUT2D eigenvalue weighted by Gasteiger charge is 2.37. The van der Waals surface area contributed by atoms with Gasteiger partial charge in [-0.15, -0.1) is 0 Å². The second kappa shape index (κ2) is 10.9. The van der Waals surface area contributed by atoms with Gasteiger partial charge in [0.25, 0.3) is 17.7 Å². The monoisotopic (exact) mass is 542 g/mol. The Hall–Kier alpha value is -4.82. The van der Waals surface area contributed by atoms with Crippen LogP contribution < -0.4 is 24.4 Å². The van der Waals surface area contributed by atoms with Gasteiger partial charge in [-0.1, -0.05) is 35.9 Å². The van der Waals surface area contributed by atoms with Gasteiger partial charge in [0, 0.05) is 22.3 Å². The Morgan fingerprint density at radius 2 is 1.46 bits per heavy atom. The fourth-order valence-electron chi connectivity index (χ4n) is 4.22. The molecule has 0 saturated carbocycles. The SMILES string of the molecule is COc1cc(C(=O)Nc2ccc(N3C(=O)c4ccccc4C3=O)c(OC)c2)ccc1OCc1ccc(Cl)cc1. The lowest BCUT2D eigenvalue weighted by molar-refractivity contribution is 0.0923. The number of rotatable bonds is 8. The summed E-state index contributed by atoms with van der Waals surface area (Å²) in [5.74, 6) is -0.127. The van der Waals surface area contributed by atoms with Crippen LogP contribution in [0.3, 0.4) is 0 Å². The number of ether oxygens (including phenoxy) is 3. The van der Waals surface area contributed by atoms with Crippen LogP contribution in [0.5, 0.6) is 17.2 Å². The lowest BCUT2D eigenvalue weighted by atomic mass is 10.1. The molecular weight excluding hydrogens is 520 g/mol. The van der Waals surface area contributed by atoms with Crippen LogP contribution in [-0.2, 0) is 6.61 Å². The summed E-state index contributed by atoms with van der Waals surface area (Å²) in [6.07, 6.45) is 0. The Kier molecular flexibility index (Phi) is 7.21. The maximum absolute atomic E-state index is 13.0. The van der Waals surface area contributed by atoms with E-state index in [1.807, 2.05) is 12.1 Å². The van der Waals surface area contributed by atoms with Crippen molar-refractivity contribution in [3.8, 4) is 17.2 Å². The van der Waals surface area contributed by atoms with E-state index in [-0.39, 0.29) is 11.4 Å². The van der Waals surface area contributed by atoms with Crippen LogP contribution in [-0.4, -0.2) is 31.9 Å². The van der Waals surface area contributed by atoms with E-state index in [1.54, 1.807) is 72.8 Å². The topological polar surface area (TPSA) is 94.2 Å². The first kappa shape index (κ1) is 25.8. The fourth-order valence-corrected chi connectivity index (χ4v) is 4.35. The van der Waals surface area contributed by atoms with Gasteiger partial charge in [0.2, 0.25) is 0 Å². The number of fused-ring (bicyclic) bond motifs is 1. The lowest BCUT2D eigenvalue weighted by Crippen LogP contribution is -2.29. The minimum atomic E-state index is -0.434. The van der Waals surface area contributed by atoms with E-state index >= 15 is 0 Å².